The van der Waals surface area contributed by atoms with E-state index in [-0.39, 0.29) is 11.3 Å². The van der Waals surface area contributed by atoms with Gasteiger partial charge in [-0.3, -0.25) is 0 Å². The van der Waals surface area contributed by atoms with Crippen LogP contribution >= 0.6 is 0 Å². The Morgan fingerprint density at radius 1 is 1.14 bits per heavy atom. The molecule has 0 aliphatic heterocycles. The smallest absolute Gasteiger partial charge is 0.195 e. The molecule has 1 aromatic carbocycles. The summed E-state index contributed by atoms with van der Waals surface area (Å²) in [6.07, 6.45) is -0.455. The molecule has 3 nitrogen and oxygen atoms in total. The average Bonchev–Trinajstić information content (AvgIpc) is 2.38. The van der Waals surface area contributed by atoms with Crippen LogP contribution in [0.1, 0.15) is 45.8 Å². The normalized spacial score (nSPS) is 15.8. The lowest BCUT2D eigenvalue weighted by atomic mass is 10.1. The maximum Gasteiger partial charge on any atom is 0.195 e. The molecule has 0 saturated heterocycles. The van der Waals surface area contributed by atoms with Crippen LogP contribution in [0.25, 0.3) is 0 Å². The van der Waals surface area contributed by atoms with Crippen molar-refractivity contribution < 1.29 is 14.3 Å². The summed E-state index contributed by atoms with van der Waals surface area (Å²) in [5.41, 5.74) is 0.904. The van der Waals surface area contributed by atoms with Crippen molar-refractivity contribution >= 4 is 8.32 Å². The molecular formula is C17H30O3Si. The molecule has 1 N–H and O–H groups in total. The van der Waals surface area contributed by atoms with E-state index < -0.39 is 14.4 Å². The van der Waals surface area contributed by atoms with Crippen molar-refractivity contribution in [2.75, 3.05) is 6.61 Å². The minimum atomic E-state index is -1.91. The van der Waals surface area contributed by atoms with Gasteiger partial charge in [-0.25, -0.2) is 0 Å². The highest BCUT2D eigenvalue weighted by Gasteiger charge is 2.39. The van der Waals surface area contributed by atoms with Crippen molar-refractivity contribution in [1.29, 1.82) is 0 Å². The van der Waals surface area contributed by atoms with Crippen LogP contribution < -0.4 is 0 Å². The Balaban J connectivity index is 2.74. The molecule has 0 aromatic heterocycles. The molecule has 21 heavy (non-hydrogen) atoms. The Morgan fingerprint density at radius 2 is 1.71 bits per heavy atom. The summed E-state index contributed by atoms with van der Waals surface area (Å²) in [7, 11) is -1.91. The number of aliphatic hydroxyl groups excluding tert-OH is 1. The summed E-state index contributed by atoms with van der Waals surface area (Å²) in [5.74, 6) is 0. The second kappa shape index (κ2) is 7.54. The highest BCUT2D eigenvalue weighted by molar-refractivity contribution is 6.74. The predicted molar refractivity (Wildman–Crippen MR) is 89.7 cm³/mol. The molecule has 4 heteroatoms. The second-order valence-electron chi connectivity index (χ2n) is 6.93. The molecule has 0 heterocycles. The zero-order valence-electron chi connectivity index (χ0n) is 14.2. The quantitative estimate of drug-likeness (QED) is 0.595. The second-order valence-corrected chi connectivity index (χ2v) is 11.7. The molecule has 0 aliphatic rings. The Labute approximate surface area is 130 Å². The zero-order valence-corrected chi connectivity index (χ0v) is 15.2. The summed E-state index contributed by atoms with van der Waals surface area (Å²) >= 11 is 0. The van der Waals surface area contributed by atoms with Crippen LogP contribution in [0.3, 0.4) is 0 Å². The number of benzene rings is 1. The molecule has 0 fully saturated rings. The van der Waals surface area contributed by atoms with Crippen molar-refractivity contribution in [2.24, 2.45) is 0 Å². The lowest BCUT2D eigenvalue weighted by Crippen LogP contribution is -2.45. The monoisotopic (exact) mass is 310 g/mol. The fourth-order valence-corrected chi connectivity index (χ4v) is 3.01. The Hall–Kier alpha value is -0.683. The molecule has 2 unspecified atom stereocenters. The highest BCUT2D eigenvalue weighted by Crippen LogP contribution is 2.38. The SMILES string of the molecule is CCOC(CC(O)c1ccccc1)O[Si](C)(C)C(C)(C)C. The maximum absolute atomic E-state index is 10.4. The Kier molecular flexibility index (Phi) is 6.59. The standard InChI is InChI=1S/C17H30O3Si/c1-7-19-16(20-21(5,6)17(2,3)4)13-15(18)14-11-9-8-10-12-14/h8-12,15-16,18H,7,13H2,1-6H3. The first-order valence-corrected chi connectivity index (χ1v) is 10.6. The van der Waals surface area contributed by atoms with Gasteiger partial charge in [0.25, 0.3) is 0 Å². The molecule has 0 spiro atoms. The number of ether oxygens (including phenoxy) is 1. The van der Waals surface area contributed by atoms with Crippen LogP contribution in [0, 0.1) is 0 Å². The topological polar surface area (TPSA) is 38.7 Å². The third kappa shape index (κ3) is 5.55. The Morgan fingerprint density at radius 3 is 2.19 bits per heavy atom. The molecule has 1 aromatic rings. The molecular weight excluding hydrogens is 280 g/mol. The van der Waals surface area contributed by atoms with E-state index in [0.29, 0.717) is 13.0 Å². The number of hydrogen-bond acceptors (Lipinski definition) is 3. The molecule has 0 bridgehead atoms. The molecule has 1 rings (SSSR count). The molecule has 0 amide bonds. The predicted octanol–water partition coefficient (Wildman–Crippen LogP) is 4.49. The van der Waals surface area contributed by atoms with E-state index in [0.717, 1.165) is 5.56 Å². The minimum absolute atomic E-state index is 0.125. The maximum atomic E-state index is 10.4. The van der Waals surface area contributed by atoms with Gasteiger partial charge in [-0.15, -0.1) is 0 Å². The van der Waals surface area contributed by atoms with Crippen LogP contribution in [-0.2, 0) is 9.16 Å². The van der Waals surface area contributed by atoms with Crippen LogP contribution in [0.4, 0.5) is 0 Å². The largest absolute Gasteiger partial charge is 0.392 e. The van der Waals surface area contributed by atoms with Gasteiger partial charge < -0.3 is 14.3 Å². The van der Waals surface area contributed by atoms with Gasteiger partial charge in [-0.2, -0.15) is 0 Å². The molecule has 0 aliphatic carbocycles. The first-order chi connectivity index (χ1) is 9.67. The van der Waals surface area contributed by atoms with Crippen LogP contribution in [-0.4, -0.2) is 26.3 Å². The molecule has 0 saturated carbocycles. The number of aliphatic hydroxyl groups is 1. The van der Waals surface area contributed by atoms with Gasteiger partial charge in [-0.1, -0.05) is 51.1 Å². The van der Waals surface area contributed by atoms with Crippen LogP contribution in [0.2, 0.25) is 18.1 Å². The summed E-state index contributed by atoms with van der Waals surface area (Å²) in [4.78, 5) is 0. The molecule has 2 atom stereocenters. The summed E-state index contributed by atoms with van der Waals surface area (Å²) in [6, 6.07) is 9.67. The van der Waals surface area contributed by atoms with Crippen molar-refractivity contribution in [1.82, 2.24) is 0 Å². The average molecular weight is 311 g/mol. The summed E-state index contributed by atoms with van der Waals surface area (Å²) < 4.78 is 12.0. The first-order valence-electron chi connectivity index (χ1n) is 7.70. The van der Waals surface area contributed by atoms with Gasteiger partial charge in [0.2, 0.25) is 0 Å². The van der Waals surface area contributed by atoms with Gasteiger partial charge in [0.05, 0.1) is 6.10 Å². The number of rotatable bonds is 7. The van der Waals surface area contributed by atoms with Crippen molar-refractivity contribution in [3.8, 4) is 0 Å². The van der Waals surface area contributed by atoms with Gasteiger partial charge in [0.15, 0.2) is 14.6 Å². The van der Waals surface area contributed by atoms with Gasteiger partial charge >= 0.3 is 0 Å². The van der Waals surface area contributed by atoms with E-state index in [9.17, 15) is 5.11 Å². The fraction of sp³-hybridized carbons (Fsp3) is 0.647. The lowest BCUT2D eigenvalue weighted by molar-refractivity contribution is -0.106. The van der Waals surface area contributed by atoms with Gasteiger partial charge in [0, 0.05) is 13.0 Å². The zero-order chi connectivity index (χ0) is 16.1. The first kappa shape index (κ1) is 18.4. The highest BCUT2D eigenvalue weighted by atomic mass is 28.4. The third-order valence-electron chi connectivity index (χ3n) is 4.18. The van der Waals surface area contributed by atoms with Gasteiger partial charge in [-0.05, 0) is 30.6 Å². The summed E-state index contributed by atoms with van der Waals surface area (Å²) in [5, 5.41) is 10.5. The van der Waals surface area contributed by atoms with E-state index >= 15 is 0 Å². The van der Waals surface area contributed by atoms with Crippen molar-refractivity contribution in [3.05, 3.63) is 35.9 Å². The number of hydrogen-bond donors (Lipinski definition) is 1. The fourth-order valence-electron chi connectivity index (χ4n) is 1.84. The van der Waals surface area contributed by atoms with Crippen molar-refractivity contribution in [3.63, 3.8) is 0 Å². The van der Waals surface area contributed by atoms with E-state index in [2.05, 4.69) is 33.9 Å². The van der Waals surface area contributed by atoms with E-state index in [4.69, 9.17) is 9.16 Å². The van der Waals surface area contributed by atoms with Crippen molar-refractivity contribution in [2.45, 2.75) is 64.6 Å². The van der Waals surface area contributed by atoms with Crippen LogP contribution in [0.5, 0.6) is 0 Å². The lowest BCUT2D eigenvalue weighted by Gasteiger charge is -2.39. The summed E-state index contributed by atoms with van der Waals surface area (Å²) in [6.45, 7) is 13.6. The van der Waals surface area contributed by atoms with Crippen LogP contribution in [0.15, 0.2) is 30.3 Å². The van der Waals surface area contributed by atoms with E-state index in [1.807, 2.05) is 37.3 Å². The van der Waals surface area contributed by atoms with E-state index in [1.54, 1.807) is 0 Å². The Bertz CT molecular complexity index is 412. The third-order valence-corrected chi connectivity index (χ3v) is 8.65. The molecule has 120 valence electrons. The minimum Gasteiger partial charge on any atom is -0.392 e. The molecule has 0 radical (unpaired) electrons. The van der Waals surface area contributed by atoms with E-state index in [1.165, 1.54) is 0 Å². The van der Waals surface area contributed by atoms with Gasteiger partial charge in [0.1, 0.15) is 0 Å².